The Bertz CT molecular complexity index is 1160. The summed E-state index contributed by atoms with van der Waals surface area (Å²) >= 11 is 0. The molecule has 0 saturated carbocycles. The van der Waals surface area contributed by atoms with Gasteiger partial charge in [0.05, 0.1) is 33.3 Å². The molecule has 0 unspecified atom stereocenters. The number of fused-ring (bicyclic) bond motifs is 1. The Hall–Kier alpha value is -3.75. The lowest BCUT2D eigenvalue weighted by molar-refractivity contribution is -0.127. The van der Waals surface area contributed by atoms with Crippen molar-refractivity contribution in [2.45, 2.75) is 44.6 Å². The van der Waals surface area contributed by atoms with Gasteiger partial charge in [-0.3, -0.25) is 14.4 Å². The Labute approximate surface area is 224 Å². The predicted molar refractivity (Wildman–Crippen MR) is 143 cm³/mol. The van der Waals surface area contributed by atoms with Crippen molar-refractivity contribution >= 4 is 17.7 Å². The molecule has 0 radical (unpaired) electrons. The Morgan fingerprint density at radius 3 is 2.34 bits per heavy atom. The van der Waals surface area contributed by atoms with Gasteiger partial charge in [0.1, 0.15) is 0 Å². The highest BCUT2D eigenvalue weighted by Crippen LogP contribution is 2.47. The smallest absolute Gasteiger partial charge is 0.254 e. The van der Waals surface area contributed by atoms with Crippen LogP contribution in [0, 0.1) is 0 Å². The van der Waals surface area contributed by atoms with Crippen LogP contribution in [0.15, 0.2) is 36.4 Å². The molecule has 204 valence electrons. The summed E-state index contributed by atoms with van der Waals surface area (Å²) in [6, 6.07) is 10.4. The second-order valence-corrected chi connectivity index (χ2v) is 9.60. The number of methoxy groups -OCH3 is 3. The highest BCUT2D eigenvalue weighted by atomic mass is 16.5. The highest BCUT2D eigenvalue weighted by Gasteiger charge is 2.44. The lowest BCUT2D eigenvalue weighted by Crippen LogP contribution is -2.48. The molecule has 2 aliphatic rings. The molecule has 0 bridgehead atoms. The van der Waals surface area contributed by atoms with Gasteiger partial charge >= 0.3 is 0 Å². The van der Waals surface area contributed by atoms with Crippen molar-refractivity contribution < 1.29 is 28.6 Å². The fourth-order valence-corrected chi connectivity index (χ4v) is 5.54. The van der Waals surface area contributed by atoms with E-state index in [0.717, 1.165) is 24.9 Å². The van der Waals surface area contributed by atoms with Crippen molar-refractivity contribution in [3.63, 3.8) is 0 Å². The molecule has 38 heavy (non-hydrogen) atoms. The van der Waals surface area contributed by atoms with Crippen molar-refractivity contribution in [3.8, 4) is 17.2 Å². The third kappa shape index (κ3) is 5.28. The average molecular weight is 524 g/mol. The first-order valence-electron chi connectivity index (χ1n) is 13.2. The molecule has 9 nitrogen and oxygen atoms in total. The van der Waals surface area contributed by atoms with Crippen LogP contribution in [0.1, 0.15) is 66.1 Å². The summed E-state index contributed by atoms with van der Waals surface area (Å²) in [6.45, 7) is 4.33. The maximum Gasteiger partial charge on any atom is 0.254 e. The van der Waals surface area contributed by atoms with Crippen LogP contribution in [0.5, 0.6) is 17.2 Å². The lowest BCUT2D eigenvalue weighted by Gasteiger charge is -2.42. The molecule has 0 spiro atoms. The molecule has 1 N–H and O–H groups in total. The van der Waals surface area contributed by atoms with Crippen LogP contribution < -0.4 is 19.5 Å². The molecule has 2 aromatic carbocycles. The topological polar surface area (TPSA) is 97.4 Å². The molecule has 1 saturated heterocycles. The molecule has 0 aromatic heterocycles. The van der Waals surface area contributed by atoms with Gasteiger partial charge in [-0.1, -0.05) is 25.1 Å². The Kier molecular flexibility index (Phi) is 8.76. The number of ether oxygens (including phenoxy) is 3. The zero-order valence-electron chi connectivity index (χ0n) is 22.6. The first-order chi connectivity index (χ1) is 18.4. The first kappa shape index (κ1) is 27.3. The van der Waals surface area contributed by atoms with Gasteiger partial charge in [0.25, 0.3) is 5.91 Å². The molecular weight excluding hydrogens is 486 g/mol. The standard InChI is InChI=1S/C29H37N3O6/c1-5-14-32-26(19-17-22(36-2)27(38-4)23(18-19)37-3)25(20-10-6-7-11-21(20)29(32)35)28(34)30-13-9-16-31-15-8-12-24(31)33/h6-7,10-11,17-18,25-26H,5,8-9,12-16H2,1-4H3,(H,30,34)/t25-,26-/m1/s1. The van der Waals surface area contributed by atoms with E-state index in [1.807, 2.05) is 42.2 Å². The largest absolute Gasteiger partial charge is 0.493 e. The average Bonchev–Trinajstić information content (AvgIpc) is 3.35. The van der Waals surface area contributed by atoms with E-state index >= 15 is 0 Å². The quantitative estimate of drug-likeness (QED) is 0.453. The van der Waals surface area contributed by atoms with Crippen LogP contribution >= 0.6 is 0 Å². The van der Waals surface area contributed by atoms with Gasteiger partial charge < -0.3 is 29.3 Å². The van der Waals surface area contributed by atoms with Gasteiger partial charge in [-0.05, 0) is 48.6 Å². The number of nitrogens with one attached hydrogen (secondary N) is 1. The minimum atomic E-state index is -0.647. The molecule has 2 aromatic rings. The third-order valence-electron chi connectivity index (χ3n) is 7.29. The molecule has 2 aliphatic heterocycles. The summed E-state index contributed by atoms with van der Waals surface area (Å²) in [5.41, 5.74) is 1.95. The Balaban J connectivity index is 1.71. The van der Waals surface area contributed by atoms with Crippen molar-refractivity contribution in [2.75, 3.05) is 47.5 Å². The zero-order valence-corrected chi connectivity index (χ0v) is 22.6. The van der Waals surface area contributed by atoms with E-state index < -0.39 is 12.0 Å². The summed E-state index contributed by atoms with van der Waals surface area (Å²) in [6.07, 6.45) is 2.89. The van der Waals surface area contributed by atoms with Crippen molar-refractivity contribution in [2.24, 2.45) is 0 Å². The number of hydrogen-bond acceptors (Lipinski definition) is 6. The number of carbonyl (C=O) groups excluding carboxylic acids is 3. The Morgan fingerprint density at radius 2 is 1.74 bits per heavy atom. The van der Waals surface area contributed by atoms with E-state index in [0.29, 0.717) is 60.9 Å². The van der Waals surface area contributed by atoms with E-state index in [4.69, 9.17) is 14.2 Å². The Morgan fingerprint density at radius 1 is 1.03 bits per heavy atom. The van der Waals surface area contributed by atoms with Gasteiger partial charge in [-0.2, -0.15) is 0 Å². The van der Waals surface area contributed by atoms with Crippen molar-refractivity contribution in [1.29, 1.82) is 0 Å². The van der Waals surface area contributed by atoms with Gasteiger partial charge in [-0.25, -0.2) is 0 Å². The van der Waals surface area contributed by atoms with Crippen LogP contribution in [0.2, 0.25) is 0 Å². The van der Waals surface area contributed by atoms with Crippen LogP contribution in [0.4, 0.5) is 0 Å². The highest BCUT2D eigenvalue weighted by molar-refractivity contribution is 6.01. The van der Waals surface area contributed by atoms with E-state index in [2.05, 4.69) is 5.32 Å². The SMILES string of the molecule is CCCN1C(=O)c2ccccc2[C@@H](C(=O)NCCCN2CCCC2=O)[C@H]1c1cc(OC)c(OC)c(OC)c1. The zero-order chi connectivity index (χ0) is 27.2. The van der Waals surface area contributed by atoms with Gasteiger partial charge in [0.15, 0.2) is 11.5 Å². The van der Waals surface area contributed by atoms with E-state index in [1.54, 1.807) is 25.2 Å². The molecule has 4 rings (SSSR count). The molecule has 9 heteroatoms. The maximum atomic E-state index is 13.9. The summed E-state index contributed by atoms with van der Waals surface area (Å²) in [4.78, 5) is 43.1. The van der Waals surface area contributed by atoms with Crippen molar-refractivity contribution in [1.82, 2.24) is 15.1 Å². The van der Waals surface area contributed by atoms with Crippen LogP contribution in [0.3, 0.4) is 0 Å². The normalized spacial score (nSPS) is 18.8. The number of nitrogens with zero attached hydrogens (tertiary/aromatic N) is 2. The maximum absolute atomic E-state index is 13.9. The fraction of sp³-hybridized carbons (Fsp3) is 0.483. The molecule has 2 atom stereocenters. The summed E-state index contributed by atoms with van der Waals surface area (Å²) in [5, 5.41) is 3.09. The van der Waals surface area contributed by atoms with Crippen LogP contribution in [-0.2, 0) is 9.59 Å². The molecule has 2 heterocycles. The number of likely N-dealkylation sites (tertiary alicyclic amines) is 1. The van der Waals surface area contributed by atoms with Gasteiger partial charge in [0, 0.05) is 38.2 Å². The molecule has 1 fully saturated rings. The number of rotatable bonds is 11. The monoisotopic (exact) mass is 523 g/mol. The number of benzene rings is 2. The first-order valence-corrected chi connectivity index (χ1v) is 13.2. The second-order valence-electron chi connectivity index (χ2n) is 9.60. The van der Waals surface area contributed by atoms with Crippen molar-refractivity contribution in [3.05, 3.63) is 53.1 Å². The second kappa shape index (κ2) is 12.2. The van der Waals surface area contributed by atoms with Gasteiger partial charge in [0.2, 0.25) is 17.6 Å². The molecule has 3 amide bonds. The number of hydrogen-bond donors (Lipinski definition) is 1. The summed E-state index contributed by atoms with van der Waals surface area (Å²) in [5.74, 6) is 0.606. The van der Waals surface area contributed by atoms with E-state index in [-0.39, 0.29) is 17.7 Å². The number of amides is 3. The fourth-order valence-electron chi connectivity index (χ4n) is 5.54. The van der Waals surface area contributed by atoms with Gasteiger partial charge in [-0.15, -0.1) is 0 Å². The summed E-state index contributed by atoms with van der Waals surface area (Å²) < 4.78 is 16.7. The predicted octanol–water partition coefficient (Wildman–Crippen LogP) is 3.53. The van der Waals surface area contributed by atoms with Crippen LogP contribution in [-0.4, -0.2) is 75.0 Å². The third-order valence-corrected chi connectivity index (χ3v) is 7.29. The molecular formula is C29H37N3O6. The van der Waals surface area contributed by atoms with E-state index in [1.165, 1.54) is 7.11 Å². The molecule has 0 aliphatic carbocycles. The van der Waals surface area contributed by atoms with E-state index in [9.17, 15) is 14.4 Å². The minimum Gasteiger partial charge on any atom is -0.493 e. The lowest BCUT2D eigenvalue weighted by atomic mass is 9.79. The van der Waals surface area contributed by atoms with Crippen LogP contribution in [0.25, 0.3) is 0 Å². The number of carbonyl (C=O) groups is 3. The summed E-state index contributed by atoms with van der Waals surface area (Å²) in [7, 11) is 4.62. The minimum absolute atomic E-state index is 0.113.